The standard InChI is InChI=1S/C20H23NO6/c1-11-12(2)20(25)27-18-13(3)16(5-4-15(11)18)26-10-17(22)21-8-6-14(7-9-21)19(23)24/h4-5,14H,6-10H2,1-3H3,(H,23,24)/p-1. The molecule has 0 spiro atoms. The van der Waals surface area contributed by atoms with Gasteiger partial charge in [-0.05, 0) is 51.3 Å². The molecule has 7 nitrogen and oxygen atoms in total. The van der Waals surface area contributed by atoms with Crippen LogP contribution in [0.25, 0.3) is 11.0 Å². The number of amides is 1. The van der Waals surface area contributed by atoms with Crippen LogP contribution < -0.4 is 15.5 Å². The molecule has 0 atom stereocenters. The fourth-order valence-electron chi connectivity index (χ4n) is 3.38. The van der Waals surface area contributed by atoms with E-state index in [-0.39, 0.29) is 18.1 Å². The van der Waals surface area contributed by atoms with Crippen LogP contribution >= 0.6 is 0 Å². The second-order valence-corrected chi connectivity index (χ2v) is 6.97. The molecule has 0 saturated carbocycles. The van der Waals surface area contributed by atoms with Crippen LogP contribution in [0.15, 0.2) is 21.3 Å². The summed E-state index contributed by atoms with van der Waals surface area (Å²) in [6, 6.07) is 3.58. The molecule has 1 fully saturated rings. The monoisotopic (exact) mass is 372 g/mol. The van der Waals surface area contributed by atoms with Crippen molar-refractivity contribution in [3.8, 4) is 5.75 Å². The zero-order chi connectivity index (χ0) is 19.7. The molecule has 1 aromatic carbocycles. The summed E-state index contributed by atoms with van der Waals surface area (Å²) in [4.78, 5) is 36.8. The molecule has 1 aromatic heterocycles. The molecule has 0 N–H and O–H groups in total. The first kappa shape index (κ1) is 18.9. The molecular weight excluding hydrogens is 350 g/mol. The Kier molecular flexibility index (Phi) is 5.21. The summed E-state index contributed by atoms with van der Waals surface area (Å²) >= 11 is 0. The van der Waals surface area contributed by atoms with Crippen LogP contribution in [0.1, 0.15) is 29.5 Å². The molecule has 0 bridgehead atoms. The number of aryl methyl sites for hydroxylation is 2. The number of piperidine rings is 1. The number of rotatable bonds is 4. The van der Waals surface area contributed by atoms with Crippen LogP contribution in [-0.2, 0) is 9.59 Å². The van der Waals surface area contributed by atoms with Crippen molar-refractivity contribution in [1.82, 2.24) is 4.90 Å². The van der Waals surface area contributed by atoms with Gasteiger partial charge < -0.3 is 24.0 Å². The molecule has 3 rings (SSSR count). The van der Waals surface area contributed by atoms with Gasteiger partial charge in [-0.15, -0.1) is 0 Å². The lowest BCUT2D eigenvalue weighted by molar-refractivity contribution is -0.312. The lowest BCUT2D eigenvalue weighted by atomic mass is 9.97. The van der Waals surface area contributed by atoms with E-state index in [0.717, 1.165) is 10.9 Å². The highest BCUT2D eigenvalue weighted by atomic mass is 16.5. The number of ether oxygens (including phenoxy) is 1. The molecular formula is C20H22NO6-. The fourth-order valence-corrected chi connectivity index (χ4v) is 3.38. The van der Waals surface area contributed by atoms with E-state index in [2.05, 4.69) is 0 Å². The lowest BCUT2D eigenvalue weighted by Crippen LogP contribution is -2.45. The zero-order valence-electron chi connectivity index (χ0n) is 15.7. The van der Waals surface area contributed by atoms with Gasteiger partial charge in [-0.1, -0.05) is 0 Å². The van der Waals surface area contributed by atoms with E-state index in [0.29, 0.717) is 48.4 Å². The minimum Gasteiger partial charge on any atom is -0.550 e. The maximum Gasteiger partial charge on any atom is 0.339 e. The van der Waals surface area contributed by atoms with Gasteiger partial charge in [-0.3, -0.25) is 4.79 Å². The molecule has 1 amide bonds. The van der Waals surface area contributed by atoms with Gasteiger partial charge in [-0.25, -0.2) is 4.79 Å². The van der Waals surface area contributed by atoms with Crippen molar-refractivity contribution in [2.24, 2.45) is 5.92 Å². The minimum atomic E-state index is -1.06. The average Bonchev–Trinajstić information content (AvgIpc) is 2.66. The highest BCUT2D eigenvalue weighted by Crippen LogP contribution is 2.29. The molecule has 27 heavy (non-hydrogen) atoms. The van der Waals surface area contributed by atoms with Crippen LogP contribution in [-0.4, -0.2) is 36.5 Å². The van der Waals surface area contributed by atoms with Crippen LogP contribution in [0.3, 0.4) is 0 Å². The number of likely N-dealkylation sites (tertiary alicyclic amines) is 1. The van der Waals surface area contributed by atoms with Gasteiger partial charge in [0.15, 0.2) is 6.61 Å². The zero-order valence-corrected chi connectivity index (χ0v) is 15.7. The summed E-state index contributed by atoms with van der Waals surface area (Å²) < 4.78 is 11.1. The summed E-state index contributed by atoms with van der Waals surface area (Å²) in [7, 11) is 0. The molecule has 1 aliphatic rings. The van der Waals surface area contributed by atoms with Crippen molar-refractivity contribution in [1.29, 1.82) is 0 Å². The Balaban J connectivity index is 1.71. The first-order valence-electron chi connectivity index (χ1n) is 8.94. The Labute approximate surface area is 156 Å². The molecule has 0 radical (unpaired) electrons. The van der Waals surface area contributed by atoms with Crippen LogP contribution in [0.4, 0.5) is 0 Å². The highest BCUT2D eigenvalue weighted by molar-refractivity contribution is 5.86. The third kappa shape index (κ3) is 3.67. The van der Waals surface area contributed by atoms with Crippen molar-refractivity contribution in [3.05, 3.63) is 39.2 Å². The number of benzene rings is 1. The predicted molar refractivity (Wildman–Crippen MR) is 96.5 cm³/mol. The van der Waals surface area contributed by atoms with Gasteiger partial charge in [-0.2, -0.15) is 0 Å². The Hall–Kier alpha value is -2.83. The number of carboxylic acid groups (broad SMARTS) is 1. The first-order chi connectivity index (χ1) is 12.8. The molecule has 7 heteroatoms. The van der Waals surface area contributed by atoms with Gasteiger partial charge in [0.2, 0.25) is 0 Å². The third-order valence-electron chi connectivity index (χ3n) is 5.36. The van der Waals surface area contributed by atoms with Crippen LogP contribution in [0.5, 0.6) is 5.75 Å². The highest BCUT2D eigenvalue weighted by Gasteiger charge is 2.24. The lowest BCUT2D eigenvalue weighted by Gasteiger charge is -2.32. The number of carboxylic acids is 1. The number of nitrogens with zero attached hydrogens (tertiary/aromatic N) is 1. The second kappa shape index (κ2) is 7.42. The third-order valence-corrected chi connectivity index (χ3v) is 5.36. The Morgan fingerprint density at radius 3 is 2.44 bits per heavy atom. The van der Waals surface area contributed by atoms with E-state index < -0.39 is 11.9 Å². The summed E-state index contributed by atoms with van der Waals surface area (Å²) in [5.74, 6) is -1.27. The first-order valence-corrected chi connectivity index (χ1v) is 8.94. The van der Waals surface area contributed by atoms with E-state index in [9.17, 15) is 19.5 Å². The predicted octanol–water partition coefficient (Wildman–Crippen LogP) is 1.09. The van der Waals surface area contributed by atoms with E-state index in [4.69, 9.17) is 9.15 Å². The van der Waals surface area contributed by atoms with Crippen molar-refractivity contribution >= 4 is 22.8 Å². The number of hydrogen-bond donors (Lipinski definition) is 0. The number of fused-ring (bicyclic) bond motifs is 1. The number of aliphatic carboxylic acids is 1. The van der Waals surface area contributed by atoms with E-state index >= 15 is 0 Å². The minimum absolute atomic E-state index is 0.155. The van der Waals surface area contributed by atoms with Gasteiger partial charge in [0.1, 0.15) is 11.3 Å². The quantitative estimate of drug-likeness (QED) is 0.745. The van der Waals surface area contributed by atoms with Gasteiger partial charge >= 0.3 is 5.63 Å². The van der Waals surface area contributed by atoms with Gasteiger partial charge in [0, 0.05) is 41.5 Å². The maximum atomic E-state index is 12.3. The Morgan fingerprint density at radius 2 is 1.81 bits per heavy atom. The van der Waals surface area contributed by atoms with Crippen LogP contribution in [0.2, 0.25) is 0 Å². The summed E-state index contributed by atoms with van der Waals surface area (Å²) in [5.41, 5.74) is 2.18. The van der Waals surface area contributed by atoms with Crippen molar-refractivity contribution in [2.75, 3.05) is 19.7 Å². The van der Waals surface area contributed by atoms with Gasteiger partial charge in [0.25, 0.3) is 5.91 Å². The molecule has 1 aliphatic heterocycles. The van der Waals surface area contributed by atoms with Crippen molar-refractivity contribution in [3.63, 3.8) is 0 Å². The summed E-state index contributed by atoms with van der Waals surface area (Å²) in [6.07, 6.45) is 0.791. The fraction of sp³-hybridized carbons (Fsp3) is 0.450. The molecule has 1 saturated heterocycles. The maximum absolute atomic E-state index is 12.3. The normalized spacial score (nSPS) is 15.1. The topological polar surface area (TPSA) is 99.9 Å². The average molecular weight is 372 g/mol. The van der Waals surface area contributed by atoms with E-state index in [1.807, 2.05) is 13.0 Å². The molecule has 2 heterocycles. The van der Waals surface area contributed by atoms with Crippen LogP contribution in [0, 0.1) is 26.7 Å². The van der Waals surface area contributed by atoms with E-state index in [1.165, 1.54) is 0 Å². The van der Waals surface area contributed by atoms with E-state index in [1.54, 1.807) is 24.8 Å². The Morgan fingerprint density at radius 1 is 1.15 bits per heavy atom. The summed E-state index contributed by atoms with van der Waals surface area (Å²) in [6.45, 7) is 5.98. The number of hydrogen-bond acceptors (Lipinski definition) is 6. The SMILES string of the molecule is Cc1c(C)c2ccc(OCC(=O)N3CCC(C(=O)[O-])CC3)c(C)c2oc1=O. The number of carbonyl (C=O) groups excluding carboxylic acids is 2. The number of carbonyl (C=O) groups is 2. The molecule has 144 valence electrons. The smallest absolute Gasteiger partial charge is 0.339 e. The molecule has 2 aromatic rings. The second-order valence-electron chi connectivity index (χ2n) is 6.97. The largest absolute Gasteiger partial charge is 0.550 e. The molecule has 0 aliphatic carbocycles. The molecule has 0 unspecified atom stereocenters. The van der Waals surface area contributed by atoms with Crippen molar-refractivity contribution in [2.45, 2.75) is 33.6 Å². The van der Waals surface area contributed by atoms with Gasteiger partial charge in [0.05, 0.1) is 0 Å². The Bertz CT molecular complexity index is 953. The summed E-state index contributed by atoms with van der Waals surface area (Å²) in [5, 5.41) is 11.7. The van der Waals surface area contributed by atoms with Crippen molar-refractivity contribution < 1.29 is 23.8 Å².